The Hall–Kier alpha value is -1.76. The van der Waals surface area contributed by atoms with Crippen molar-refractivity contribution in [1.29, 1.82) is 0 Å². The third kappa shape index (κ3) is 2.65. The number of amides is 2. The SMILES string of the molecule is Cc1ccc(-c2sc(-c3ccc(C)s3)c3c2C(=O)N(C2CCCC2)C3=O)s1. The third-order valence-electron chi connectivity index (χ3n) is 5.39. The maximum atomic E-state index is 13.4. The molecule has 6 heteroatoms. The zero-order chi connectivity index (χ0) is 18.7. The van der Waals surface area contributed by atoms with Gasteiger partial charge in [-0.2, -0.15) is 0 Å². The van der Waals surface area contributed by atoms with Gasteiger partial charge in [0.2, 0.25) is 0 Å². The molecule has 0 atom stereocenters. The Morgan fingerprint density at radius 1 is 0.778 bits per heavy atom. The zero-order valence-electron chi connectivity index (χ0n) is 15.2. The van der Waals surface area contributed by atoms with Crippen LogP contribution in [0.3, 0.4) is 0 Å². The highest BCUT2D eigenvalue weighted by Crippen LogP contribution is 2.50. The number of fused-ring (bicyclic) bond motifs is 1. The highest BCUT2D eigenvalue weighted by Gasteiger charge is 2.45. The Bertz CT molecular complexity index is 991. The molecule has 0 aromatic carbocycles. The molecule has 1 aliphatic carbocycles. The summed E-state index contributed by atoms with van der Waals surface area (Å²) in [6, 6.07) is 8.38. The molecule has 5 rings (SSSR count). The molecule has 138 valence electrons. The van der Waals surface area contributed by atoms with Crippen LogP contribution in [0.5, 0.6) is 0 Å². The molecular formula is C21H19NO2S3. The molecular weight excluding hydrogens is 394 g/mol. The molecule has 2 amide bonds. The number of nitrogens with zero attached hydrogens (tertiary/aromatic N) is 1. The van der Waals surface area contributed by atoms with Gasteiger partial charge in [0.05, 0.1) is 20.9 Å². The lowest BCUT2D eigenvalue weighted by Crippen LogP contribution is -2.38. The summed E-state index contributed by atoms with van der Waals surface area (Å²) in [6.07, 6.45) is 4.07. The average molecular weight is 414 g/mol. The van der Waals surface area contributed by atoms with Crippen LogP contribution in [-0.2, 0) is 0 Å². The molecule has 0 spiro atoms. The van der Waals surface area contributed by atoms with E-state index >= 15 is 0 Å². The topological polar surface area (TPSA) is 37.4 Å². The molecule has 0 bridgehead atoms. The first-order valence-electron chi connectivity index (χ1n) is 9.23. The van der Waals surface area contributed by atoms with Crippen LogP contribution in [0.2, 0.25) is 0 Å². The summed E-state index contributed by atoms with van der Waals surface area (Å²) in [5, 5.41) is 0. The minimum Gasteiger partial charge on any atom is -0.271 e. The van der Waals surface area contributed by atoms with Crippen LogP contribution in [0, 0.1) is 13.8 Å². The van der Waals surface area contributed by atoms with Gasteiger partial charge in [-0.05, 0) is 51.0 Å². The van der Waals surface area contributed by atoms with Crippen molar-refractivity contribution in [3.63, 3.8) is 0 Å². The Morgan fingerprint density at radius 3 is 1.67 bits per heavy atom. The predicted molar refractivity (Wildman–Crippen MR) is 113 cm³/mol. The normalized spacial score (nSPS) is 17.3. The van der Waals surface area contributed by atoms with Crippen LogP contribution in [0.1, 0.15) is 56.2 Å². The fraction of sp³-hybridized carbons (Fsp3) is 0.333. The van der Waals surface area contributed by atoms with Gasteiger partial charge < -0.3 is 0 Å². The molecule has 0 saturated heterocycles. The number of hydrogen-bond acceptors (Lipinski definition) is 5. The van der Waals surface area contributed by atoms with E-state index in [2.05, 4.69) is 38.1 Å². The Kier molecular flexibility index (Phi) is 4.11. The third-order valence-corrected chi connectivity index (χ3v) is 8.94. The second-order valence-electron chi connectivity index (χ2n) is 7.25. The van der Waals surface area contributed by atoms with Crippen molar-refractivity contribution in [2.75, 3.05) is 0 Å². The molecule has 0 unspecified atom stereocenters. The van der Waals surface area contributed by atoms with Gasteiger partial charge in [-0.25, -0.2) is 0 Å². The summed E-state index contributed by atoms with van der Waals surface area (Å²) in [7, 11) is 0. The van der Waals surface area contributed by atoms with E-state index in [1.54, 1.807) is 38.9 Å². The Balaban J connectivity index is 1.71. The van der Waals surface area contributed by atoms with Crippen molar-refractivity contribution in [2.24, 2.45) is 0 Å². The number of carbonyl (C=O) groups is 2. The van der Waals surface area contributed by atoms with Gasteiger partial charge in [0.1, 0.15) is 0 Å². The van der Waals surface area contributed by atoms with E-state index in [0.29, 0.717) is 11.1 Å². The van der Waals surface area contributed by atoms with E-state index in [4.69, 9.17) is 0 Å². The van der Waals surface area contributed by atoms with Crippen molar-refractivity contribution in [2.45, 2.75) is 45.6 Å². The number of imide groups is 1. The molecule has 0 N–H and O–H groups in total. The highest BCUT2D eigenvalue weighted by molar-refractivity contribution is 7.27. The molecule has 27 heavy (non-hydrogen) atoms. The van der Waals surface area contributed by atoms with Crippen LogP contribution in [0.25, 0.3) is 19.5 Å². The van der Waals surface area contributed by atoms with Crippen molar-refractivity contribution >= 4 is 45.8 Å². The van der Waals surface area contributed by atoms with E-state index in [9.17, 15) is 9.59 Å². The van der Waals surface area contributed by atoms with Crippen molar-refractivity contribution < 1.29 is 9.59 Å². The van der Waals surface area contributed by atoms with Crippen molar-refractivity contribution in [1.82, 2.24) is 4.90 Å². The van der Waals surface area contributed by atoms with Crippen LogP contribution >= 0.6 is 34.0 Å². The lowest BCUT2D eigenvalue weighted by Gasteiger charge is -2.22. The number of hydrogen-bond donors (Lipinski definition) is 0. The van der Waals surface area contributed by atoms with Crippen LogP contribution in [0.15, 0.2) is 24.3 Å². The number of carbonyl (C=O) groups excluding carboxylic acids is 2. The predicted octanol–water partition coefficient (Wildman–Crippen LogP) is 6.36. The summed E-state index contributed by atoms with van der Waals surface area (Å²) in [6.45, 7) is 4.15. The van der Waals surface area contributed by atoms with Crippen LogP contribution in [0.4, 0.5) is 0 Å². The fourth-order valence-electron chi connectivity index (χ4n) is 4.13. The summed E-state index contributed by atoms with van der Waals surface area (Å²) in [5.41, 5.74) is 1.28. The van der Waals surface area contributed by atoms with E-state index < -0.39 is 0 Å². The van der Waals surface area contributed by atoms with Crippen molar-refractivity contribution in [3.05, 3.63) is 45.1 Å². The molecule has 0 radical (unpaired) electrons. The minimum absolute atomic E-state index is 0.0678. The molecule has 4 heterocycles. The summed E-state index contributed by atoms with van der Waals surface area (Å²) < 4.78 is 0. The largest absolute Gasteiger partial charge is 0.271 e. The van der Waals surface area contributed by atoms with Gasteiger partial charge in [-0.3, -0.25) is 14.5 Å². The summed E-state index contributed by atoms with van der Waals surface area (Å²) in [4.78, 5) is 34.8. The molecule has 2 aliphatic rings. The smallest absolute Gasteiger partial charge is 0.263 e. The Morgan fingerprint density at radius 2 is 1.26 bits per heavy atom. The fourth-order valence-corrected chi connectivity index (χ4v) is 7.38. The van der Waals surface area contributed by atoms with Gasteiger partial charge in [-0.1, -0.05) is 12.8 Å². The minimum atomic E-state index is -0.0845. The van der Waals surface area contributed by atoms with E-state index in [1.807, 2.05) is 0 Å². The summed E-state index contributed by atoms with van der Waals surface area (Å²) >= 11 is 4.98. The summed E-state index contributed by atoms with van der Waals surface area (Å²) in [5.74, 6) is -0.169. The molecule has 1 saturated carbocycles. The number of thiophene rings is 3. The maximum Gasteiger partial charge on any atom is 0.263 e. The average Bonchev–Trinajstić information content (AvgIpc) is 3.41. The molecule has 1 fully saturated rings. The first kappa shape index (κ1) is 17.3. The second-order valence-corrected chi connectivity index (χ2v) is 10.8. The van der Waals surface area contributed by atoms with Gasteiger partial charge in [0.25, 0.3) is 11.8 Å². The Labute approximate surface area is 170 Å². The van der Waals surface area contributed by atoms with Crippen LogP contribution in [-0.4, -0.2) is 22.8 Å². The van der Waals surface area contributed by atoms with E-state index in [-0.39, 0.29) is 17.9 Å². The number of rotatable bonds is 3. The highest BCUT2D eigenvalue weighted by atomic mass is 32.1. The lowest BCUT2D eigenvalue weighted by atomic mass is 10.1. The van der Waals surface area contributed by atoms with Gasteiger partial charge in [0.15, 0.2) is 0 Å². The first-order chi connectivity index (χ1) is 13.0. The standard InChI is InChI=1S/C21H19NO2S3/c1-11-7-9-14(25-11)18-16-17(19(27-18)15-10-8-12(2)26-15)21(24)22(20(16)23)13-5-3-4-6-13/h7-10,13H,3-6H2,1-2H3. The molecule has 3 aromatic heterocycles. The van der Waals surface area contributed by atoms with Gasteiger partial charge in [-0.15, -0.1) is 34.0 Å². The monoisotopic (exact) mass is 413 g/mol. The maximum absolute atomic E-state index is 13.4. The zero-order valence-corrected chi connectivity index (χ0v) is 17.7. The van der Waals surface area contributed by atoms with Crippen LogP contribution < -0.4 is 0 Å². The quantitative estimate of drug-likeness (QED) is 0.469. The lowest BCUT2D eigenvalue weighted by molar-refractivity contribution is 0.0588. The molecule has 1 aliphatic heterocycles. The van der Waals surface area contributed by atoms with Gasteiger partial charge >= 0.3 is 0 Å². The molecule has 3 nitrogen and oxygen atoms in total. The number of aryl methyl sites for hydroxylation is 2. The molecule has 3 aromatic rings. The van der Waals surface area contributed by atoms with Crippen molar-refractivity contribution in [3.8, 4) is 19.5 Å². The second kappa shape index (κ2) is 6.40. The van der Waals surface area contributed by atoms with Gasteiger partial charge in [0, 0.05) is 25.6 Å². The van der Waals surface area contributed by atoms with E-state index in [1.165, 1.54) is 9.75 Å². The first-order valence-corrected chi connectivity index (χ1v) is 11.7. The van der Waals surface area contributed by atoms with E-state index in [0.717, 1.165) is 45.2 Å².